The standard InChI is InChI=1S/C10H16N4O3/c1-6(11)9(15)14-8(10(16)17-2)3-7-4-12-5-13-7/h4-6,8H,3,11H2,1-2H3,(H,12,13)(H,14,15)/t6?,8-/m0/s1. The van der Waals surface area contributed by atoms with Crippen molar-refractivity contribution in [2.45, 2.75) is 25.4 Å². The molecule has 0 aromatic carbocycles. The van der Waals surface area contributed by atoms with E-state index in [1.165, 1.54) is 13.4 Å². The van der Waals surface area contributed by atoms with Gasteiger partial charge in [0.2, 0.25) is 5.91 Å². The van der Waals surface area contributed by atoms with E-state index in [0.29, 0.717) is 0 Å². The van der Waals surface area contributed by atoms with Crippen LogP contribution in [0, 0.1) is 0 Å². The van der Waals surface area contributed by atoms with Crippen molar-refractivity contribution in [1.82, 2.24) is 15.3 Å². The molecule has 0 saturated heterocycles. The van der Waals surface area contributed by atoms with Gasteiger partial charge in [-0.1, -0.05) is 0 Å². The SMILES string of the molecule is COC(=O)[C@H](Cc1cnc[nH]1)NC(=O)C(C)N. The molecule has 0 fully saturated rings. The molecule has 0 aliphatic heterocycles. The fourth-order valence-corrected chi connectivity index (χ4v) is 1.25. The van der Waals surface area contributed by atoms with Crippen molar-refractivity contribution < 1.29 is 14.3 Å². The quantitative estimate of drug-likeness (QED) is 0.569. The Morgan fingerprint density at radius 1 is 1.65 bits per heavy atom. The summed E-state index contributed by atoms with van der Waals surface area (Å²) in [6.45, 7) is 1.54. The largest absolute Gasteiger partial charge is 0.467 e. The van der Waals surface area contributed by atoms with Crippen molar-refractivity contribution in [3.8, 4) is 0 Å². The predicted octanol–water partition coefficient (Wildman–Crippen LogP) is -1.04. The van der Waals surface area contributed by atoms with Crippen LogP contribution in [-0.4, -0.2) is 41.0 Å². The summed E-state index contributed by atoms with van der Waals surface area (Å²) in [6.07, 6.45) is 3.36. The fraction of sp³-hybridized carbons (Fsp3) is 0.500. The zero-order valence-corrected chi connectivity index (χ0v) is 9.77. The molecular weight excluding hydrogens is 224 g/mol. The van der Waals surface area contributed by atoms with Crippen LogP contribution in [0.15, 0.2) is 12.5 Å². The van der Waals surface area contributed by atoms with Crippen LogP contribution in [0.4, 0.5) is 0 Å². The normalized spacial score (nSPS) is 13.8. The summed E-state index contributed by atoms with van der Waals surface area (Å²) in [5.41, 5.74) is 6.14. The van der Waals surface area contributed by atoms with Gasteiger partial charge in [0.25, 0.3) is 0 Å². The van der Waals surface area contributed by atoms with Gasteiger partial charge >= 0.3 is 5.97 Å². The Labute approximate surface area is 98.7 Å². The first-order valence-electron chi connectivity index (χ1n) is 5.15. The molecule has 17 heavy (non-hydrogen) atoms. The van der Waals surface area contributed by atoms with Crippen LogP contribution >= 0.6 is 0 Å². The Morgan fingerprint density at radius 2 is 2.35 bits per heavy atom. The molecule has 0 radical (unpaired) electrons. The van der Waals surface area contributed by atoms with Crippen LogP contribution in [-0.2, 0) is 20.7 Å². The van der Waals surface area contributed by atoms with Crippen molar-refractivity contribution in [3.05, 3.63) is 18.2 Å². The number of H-pyrrole nitrogens is 1. The lowest BCUT2D eigenvalue weighted by atomic mass is 10.1. The van der Waals surface area contributed by atoms with Gasteiger partial charge in [0.05, 0.1) is 19.5 Å². The Hall–Kier alpha value is -1.89. The van der Waals surface area contributed by atoms with Crippen molar-refractivity contribution in [2.24, 2.45) is 5.73 Å². The molecule has 0 saturated carbocycles. The van der Waals surface area contributed by atoms with Crippen molar-refractivity contribution in [2.75, 3.05) is 7.11 Å². The minimum absolute atomic E-state index is 0.283. The van der Waals surface area contributed by atoms with E-state index in [4.69, 9.17) is 5.73 Å². The summed E-state index contributed by atoms with van der Waals surface area (Å²) in [5.74, 6) is -0.923. The third-order valence-corrected chi connectivity index (χ3v) is 2.19. The first-order chi connectivity index (χ1) is 8.04. The van der Waals surface area contributed by atoms with Gasteiger partial charge in [0.15, 0.2) is 0 Å². The van der Waals surface area contributed by atoms with Crippen molar-refractivity contribution in [3.63, 3.8) is 0 Å². The average Bonchev–Trinajstić information content (AvgIpc) is 2.79. The summed E-state index contributed by atoms with van der Waals surface area (Å²) in [6, 6.07) is -1.44. The van der Waals surface area contributed by atoms with E-state index in [9.17, 15) is 9.59 Å². The van der Waals surface area contributed by atoms with E-state index in [-0.39, 0.29) is 6.42 Å². The molecule has 0 spiro atoms. The number of ether oxygens (including phenoxy) is 1. The lowest BCUT2D eigenvalue weighted by Gasteiger charge is -2.16. The van der Waals surface area contributed by atoms with E-state index >= 15 is 0 Å². The summed E-state index contributed by atoms with van der Waals surface area (Å²) >= 11 is 0. The lowest BCUT2D eigenvalue weighted by molar-refractivity contribution is -0.145. The number of aromatic nitrogens is 2. The molecule has 0 bridgehead atoms. The molecule has 1 heterocycles. The fourth-order valence-electron chi connectivity index (χ4n) is 1.25. The Morgan fingerprint density at radius 3 is 2.82 bits per heavy atom. The maximum absolute atomic E-state index is 11.5. The monoisotopic (exact) mass is 240 g/mol. The number of rotatable bonds is 5. The van der Waals surface area contributed by atoms with Crippen LogP contribution in [0.5, 0.6) is 0 Å². The molecule has 1 amide bonds. The Balaban J connectivity index is 2.67. The molecule has 7 heteroatoms. The summed E-state index contributed by atoms with van der Waals surface area (Å²) < 4.78 is 4.61. The van der Waals surface area contributed by atoms with Crippen LogP contribution < -0.4 is 11.1 Å². The lowest BCUT2D eigenvalue weighted by Crippen LogP contribution is -2.48. The molecule has 7 nitrogen and oxygen atoms in total. The van der Waals surface area contributed by atoms with Gasteiger partial charge in [-0.3, -0.25) is 4.79 Å². The second kappa shape index (κ2) is 6.00. The number of carbonyl (C=O) groups is 2. The molecule has 1 aromatic heterocycles. The number of amides is 1. The van der Waals surface area contributed by atoms with Crippen LogP contribution in [0.1, 0.15) is 12.6 Å². The molecule has 1 rings (SSSR count). The number of hydrogen-bond acceptors (Lipinski definition) is 5. The first kappa shape index (κ1) is 13.2. The highest BCUT2D eigenvalue weighted by Crippen LogP contribution is 2.00. The second-order valence-corrected chi connectivity index (χ2v) is 3.65. The maximum atomic E-state index is 11.5. The molecule has 2 atom stereocenters. The zero-order valence-electron chi connectivity index (χ0n) is 9.77. The highest BCUT2D eigenvalue weighted by Gasteiger charge is 2.23. The molecule has 94 valence electrons. The van der Waals surface area contributed by atoms with E-state index in [0.717, 1.165) is 5.69 Å². The van der Waals surface area contributed by atoms with Crippen LogP contribution in [0.2, 0.25) is 0 Å². The second-order valence-electron chi connectivity index (χ2n) is 3.65. The third kappa shape index (κ3) is 3.87. The maximum Gasteiger partial charge on any atom is 0.328 e. The molecular formula is C10H16N4O3. The molecule has 4 N–H and O–H groups in total. The van der Waals surface area contributed by atoms with E-state index in [2.05, 4.69) is 20.0 Å². The van der Waals surface area contributed by atoms with E-state index < -0.39 is 24.0 Å². The number of nitrogens with two attached hydrogens (primary N) is 1. The van der Waals surface area contributed by atoms with Gasteiger partial charge < -0.3 is 20.8 Å². The molecule has 1 unspecified atom stereocenters. The topological polar surface area (TPSA) is 110 Å². The van der Waals surface area contributed by atoms with Gasteiger partial charge in [0, 0.05) is 18.3 Å². The van der Waals surface area contributed by atoms with Crippen molar-refractivity contribution in [1.29, 1.82) is 0 Å². The molecule has 1 aromatic rings. The summed E-state index contributed by atoms with van der Waals surface area (Å²) in [7, 11) is 1.26. The molecule has 0 aliphatic carbocycles. The number of esters is 1. The number of methoxy groups -OCH3 is 1. The van der Waals surface area contributed by atoms with Gasteiger partial charge in [-0.2, -0.15) is 0 Å². The number of nitrogens with one attached hydrogen (secondary N) is 2. The van der Waals surface area contributed by atoms with Crippen LogP contribution in [0.25, 0.3) is 0 Å². The number of carbonyl (C=O) groups excluding carboxylic acids is 2. The highest BCUT2D eigenvalue weighted by molar-refractivity contribution is 5.87. The van der Waals surface area contributed by atoms with Crippen LogP contribution in [0.3, 0.4) is 0 Å². The Bertz CT molecular complexity index is 375. The average molecular weight is 240 g/mol. The van der Waals surface area contributed by atoms with Gasteiger partial charge in [-0.15, -0.1) is 0 Å². The minimum atomic E-state index is -0.765. The summed E-state index contributed by atoms with van der Waals surface area (Å²) in [5, 5.41) is 2.52. The first-order valence-corrected chi connectivity index (χ1v) is 5.15. The Kier molecular flexibility index (Phi) is 4.65. The van der Waals surface area contributed by atoms with E-state index in [1.807, 2.05) is 0 Å². The summed E-state index contributed by atoms with van der Waals surface area (Å²) in [4.78, 5) is 29.6. The molecule has 0 aliphatic rings. The van der Waals surface area contributed by atoms with Gasteiger partial charge in [-0.05, 0) is 6.92 Å². The predicted molar refractivity (Wildman–Crippen MR) is 59.9 cm³/mol. The smallest absolute Gasteiger partial charge is 0.328 e. The zero-order chi connectivity index (χ0) is 12.8. The number of nitrogens with zero attached hydrogens (tertiary/aromatic N) is 1. The van der Waals surface area contributed by atoms with Crippen molar-refractivity contribution >= 4 is 11.9 Å². The highest BCUT2D eigenvalue weighted by atomic mass is 16.5. The number of imidazole rings is 1. The minimum Gasteiger partial charge on any atom is -0.467 e. The number of hydrogen-bond donors (Lipinski definition) is 3. The third-order valence-electron chi connectivity index (χ3n) is 2.19. The van der Waals surface area contributed by atoms with Gasteiger partial charge in [0.1, 0.15) is 6.04 Å². The number of aromatic amines is 1. The van der Waals surface area contributed by atoms with Gasteiger partial charge in [-0.25, -0.2) is 9.78 Å². The van der Waals surface area contributed by atoms with E-state index in [1.54, 1.807) is 13.1 Å².